The molecule has 26 heavy (non-hydrogen) atoms. The fraction of sp³-hybridized carbons (Fsp3) is 0.211. The van der Waals surface area contributed by atoms with E-state index in [0.29, 0.717) is 17.0 Å². The van der Waals surface area contributed by atoms with Gasteiger partial charge >= 0.3 is 0 Å². The fourth-order valence-electron chi connectivity index (χ4n) is 3.39. The molecular formula is C19H18N4O2S. The normalized spacial score (nSPS) is 16.8. The number of benzene rings is 1. The first-order valence-electron chi connectivity index (χ1n) is 8.44. The molecule has 2 N–H and O–H groups in total. The van der Waals surface area contributed by atoms with Crippen LogP contribution in [0.1, 0.15) is 43.8 Å². The van der Waals surface area contributed by atoms with Crippen molar-refractivity contribution < 1.29 is 9.59 Å². The third-order valence-corrected chi connectivity index (χ3v) is 5.80. The summed E-state index contributed by atoms with van der Waals surface area (Å²) in [5.74, 6) is -0.450. The van der Waals surface area contributed by atoms with E-state index in [9.17, 15) is 9.59 Å². The van der Waals surface area contributed by atoms with Gasteiger partial charge in [-0.1, -0.05) is 12.1 Å². The second-order valence-electron chi connectivity index (χ2n) is 6.19. The number of carbonyl (C=O) groups excluding carboxylic acids is 2. The predicted molar refractivity (Wildman–Crippen MR) is 99.4 cm³/mol. The number of rotatable bonds is 4. The van der Waals surface area contributed by atoms with Gasteiger partial charge in [0.2, 0.25) is 0 Å². The molecule has 132 valence electrons. The Morgan fingerprint density at radius 1 is 1.15 bits per heavy atom. The quantitative estimate of drug-likeness (QED) is 0.771. The van der Waals surface area contributed by atoms with Crippen molar-refractivity contribution in [2.45, 2.75) is 18.9 Å². The molecule has 0 aliphatic carbocycles. The summed E-state index contributed by atoms with van der Waals surface area (Å²) >= 11 is 1.37. The molecule has 4 rings (SSSR count). The van der Waals surface area contributed by atoms with Crippen molar-refractivity contribution in [3.63, 3.8) is 0 Å². The Morgan fingerprint density at radius 3 is 2.73 bits per heavy atom. The minimum Gasteiger partial charge on any atom is -0.365 e. The highest BCUT2D eigenvalue weighted by atomic mass is 32.1. The van der Waals surface area contributed by atoms with Crippen LogP contribution < -0.4 is 5.73 Å². The van der Waals surface area contributed by atoms with Crippen molar-refractivity contribution in [1.29, 1.82) is 0 Å². The number of nitrogens with two attached hydrogens (primary N) is 1. The number of para-hydroxylation sites is 1. The van der Waals surface area contributed by atoms with E-state index in [1.165, 1.54) is 11.3 Å². The molecule has 1 aliphatic rings. The molecule has 1 aromatic carbocycles. The van der Waals surface area contributed by atoms with Crippen LogP contribution in [0, 0.1) is 0 Å². The van der Waals surface area contributed by atoms with Gasteiger partial charge in [0.25, 0.3) is 11.8 Å². The summed E-state index contributed by atoms with van der Waals surface area (Å²) in [4.78, 5) is 28.1. The Bertz CT molecular complexity index is 948. The van der Waals surface area contributed by atoms with Gasteiger partial charge in [0, 0.05) is 23.8 Å². The van der Waals surface area contributed by atoms with E-state index in [2.05, 4.69) is 5.10 Å². The molecule has 1 atom stereocenters. The Morgan fingerprint density at radius 2 is 2.00 bits per heavy atom. The van der Waals surface area contributed by atoms with Gasteiger partial charge in [-0.15, -0.1) is 11.3 Å². The van der Waals surface area contributed by atoms with Crippen molar-refractivity contribution in [1.82, 2.24) is 14.7 Å². The van der Waals surface area contributed by atoms with Crippen molar-refractivity contribution in [3.05, 3.63) is 70.2 Å². The average molecular weight is 366 g/mol. The first-order chi connectivity index (χ1) is 12.6. The topological polar surface area (TPSA) is 81.2 Å². The first kappa shape index (κ1) is 16.5. The Labute approximate surface area is 154 Å². The predicted octanol–water partition coefficient (Wildman–Crippen LogP) is 3.01. The van der Waals surface area contributed by atoms with Crippen LogP contribution >= 0.6 is 11.3 Å². The van der Waals surface area contributed by atoms with Crippen molar-refractivity contribution >= 4 is 23.2 Å². The smallest absolute Gasteiger partial charge is 0.258 e. The molecule has 1 saturated heterocycles. The second kappa shape index (κ2) is 6.76. The zero-order valence-electron chi connectivity index (χ0n) is 14.0. The number of hydrogen-bond donors (Lipinski definition) is 1. The van der Waals surface area contributed by atoms with Gasteiger partial charge in [-0.25, -0.2) is 4.68 Å². The van der Waals surface area contributed by atoms with Gasteiger partial charge in [0.15, 0.2) is 0 Å². The maximum atomic E-state index is 13.3. The van der Waals surface area contributed by atoms with Gasteiger partial charge in [-0.3, -0.25) is 9.59 Å². The van der Waals surface area contributed by atoms with E-state index in [-0.39, 0.29) is 11.9 Å². The lowest BCUT2D eigenvalue weighted by Gasteiger charge is -2.25. The van der Waals surface area contributed by atoms with E-state index >= 15 is 0 Å². The highest BCUT2D eigenvalue weighted by molar-refractivity contribution is 7.14. The molecule has 0 saturated carbocycles. The molecule has 2 amide bonds. The van der Waals surface area contributed by atoms with Crippen LogP contribution in [0.25, 0.3) is 5.69 Å². The van der Waals surface area contributed by atoms with Crippen LogP contribution in [-0.2, 0) is 0 Å². The zero-order chi connectivity index (χ0) is 18.1. The molecule has 1 fully saturated rings. The lowest BCUT2D eigenvalue weighted by atomic mass is 10.1. The Kier molecular flexibility index (Phi) is 4.30. The molecule has 0 spiro atoms. The van der Waals surface area contributed by atoms with E-state index < -0.39 is 5.91 Å². The molecule has 0 radical (unpaired) electrons. The summed E-state index contributed by atoms with van der Waals surface area (Å²) in [5.41, 5.74) is 6.75. The summed E-state index contributed by atoms with van der Waals surface area (Å²) in [6.07, 6.45) is 5.33. The lowest BCUT2D eigenvalue weighted by molar-refractivity contribution is 0.0737. The maximum absolute atomic E-state index is 13.3. The van der Waals surface area contributed by atoms with Gasteiger partial charge in [-0.05, 0) is 43.2 Å². The number of hydrogen-bond acceptors (Lipinski definition) is 4. The number of aromatic nitrogens is 2. The van der Waals surface area contributed by atoms with Gasteiger partial charge in [-0.2, -0.15) is 5.10 Å². The molecule has 1 aliphatic heterocycles. The van der Waals surface area contributed by atoms with E-state index in [1.54, 1.807) is 16.9 Å². The number of carbonyl (C=O) groups is 2. The molecule has 7 heteroatoms. The monoisotopic (exact) mass is 366 g/mol. The van der Waals surface area contributed by atoms with Crippen LogP contribution in [-0.4, -0.2) is 33.0 Å². The molecule has 3 aromatic rings. The standard InChI is InChI=1S/C19H18N4O2S/c20-18(24)17-9-8-16(26-17)15-7-3-11-22(15)19(25)13-5-1-2-6-14(13)23-12-4-10-21-23/h1-2,4-6,8-10,12,15H,3,7,11H2,(H2,20,24). The third kappa shape index (κ3) is 2.90. The minimum atomic E-state index is -0.429. The van der Waals surface area contributed by atoms with E-state index in [4.69, 9.17) is 5.73 Å². The van der Waals surface area contributed by atoms with Gasteiger partial charge in [0.1, 0.15) is 0 Å². The molecule has 2 aromatic heterocycles. The average Bonchev–Trinajstić information content (AvgIpc) is 3.41. The van der Waals surface area contributed by atoms with Crippen LogP contribution in [0.15, 0.2) is 54.9 Å². The number of nitrogens with zero attached hydrogens (tertiary/aromatic N) is 3. The third-order valence-electron chi connectivity index (χ3n) is 4.60. The Hall–Kier alpha value is -2.93. The first-order valence-corrected chi connectivity index (χ1v) is 9.26. The van der Waals surface area contributed by atoms with Gasteiger partial charge in [0.05, 0.1) is 22.2 Å². The van der Waals surface area contributed by atoms with Crippen molar-refractivity contribution in [3.8, 4) is 5.69 Å². The van der Waals surface area contributed by atoms with Crippen molar-refractivity contribution in [2.24, 2.45) is 5.73 Å². The minimum absolute atomic E-state index is 0.0207. The molecule has 3 heterocycles. The summed E-state index contributed by atoms with van der Waals surface area (Å²) in [6, 6.07) is 12.9. The lowest BCUT2D eigenvalue weighted by Crippen LogP contribution is -2.31. The van der Waals surface area contributed by atoms with E-state index in [0.717, 1.165) is 23.4 Å². The van der Waals surface area contributed by atoms with Crippen LogP contribution in [0.5, 0.6) is 0 Å². The summed E-state index contributed by atoms with van der Waals surface area (Å²) in [7, 11) is 0. The zero-order valence-corrected chi connectivity index (χ0v) is 14.9. The molecule has 1 unspecified atom stereocenters. The molecule has 6 nitrogen and oxygen atoms in total. The van der Waals surface area contributed by atoms with Crippen LogP contribution in [0.4, 0.5) is 0 Å². The molecule has 0 bridgehead atoms. The van der Waals surface area contributed by atoms with Gasteiger partial charge < -0.3 is 10.6 Å². The largest absolute Gasteiger partial charge is 0.365 e. The highest BCUT2D eigenvalue weighted by Crippen LogP contribution is 2.37. The second-order valence-corrected chi connectivity index (χ2v) is 7.31. The maximum Gasteiger partial charge on any atom is 0.258 e. The SMILES string of the molecule is NC(=O)c1ccc(C2CCCN2C(=O)c2ccccc2-n2cccn2)s1. The molecular weight excluding hydrogens is 348 g/mol. The number of primary amides is 1. The summed E-state index contributed by atoms with van der Waals surface area (Å²) < 4.78 is 1.70. The van der Waals surface area contributed by atoms with Crippen LogP contribution in [0.2, 0.25) is 0 Å². The number of thiophene rings is 1. The number of likely N-dealkylation sites (tertiary alicyclic amines) is 1. The van der Waals surface area contributed by atoms with Crippen LogP contribution in [0.3, 0.4) is 0 Å². The Balaban J connectivity index is 1.66. The van der Waals surface area contributed by atoms with E-state index in [1.807, 2.05) is 47.5 Å². The highest BCUT2D eigenvalue weighted by Gasteiger charge is 2.33. The number of amides is 2. The van der Waals surface area contributed by atoms with Crippen molar-refractivity contribution in [2.75, 3.05) is 6.54 Å². The summed E-state index contributed by atoms with van der Waals surface area (Å²) in [5, 5.41) is 4.25. The summed E-state index contributed by atoms with van der Waals surface area (Å²) in [6.45, 7) is 0.695. The fourth-order valence-corrected chi connectivity index (χ4v) is 4.40.